The number of carbonyl (C=O) groups is 1. The lowest BCUT2D eigenvalue weighted by atomic mass is 9.98. The second-order valence-electron chi connectivity index (χ2n) is 11.3. The van der Waals surface area contributed by atoms with Crippen molar-refractivity contribution in [2.75, 3.05) is 41.7 Å². The summed E-state index contributed by atoms with van der Waals surface area (Å²) in [7, 11) is 0. The van der Waals surface area contributed by atoms with E-state index in [9.17, 15) is 13.6 Å². The Kier molecular flexibility index (Phi) is 8.22. The van der Waals surface area contributed by atoms with Crippen LogP contribution in [0.15, 0.2) is 73.6 Å². The van der Waals surface area contributed by atoms with Gasteiger partial charge in [0, 0.05) is 63.5 Å². The number of nitrogens with zero attached hydrogens (tertiary/aromatic N) is 6. The molecule has 0 saturated carbocycles. The van der Waals surface area contributed by atoms with Gasteiger partial charge in [0.15, 0.2) is 17.0 Å². The van der Waals surface area contributed by atoms with Crippen molar-refractivity contribution in [2.45, 2.75) is 44.7 Å². The quantitative estimate of drug-likeness (QED) is 0.238. The Morgan fingerprint density at radius 3 is 2.56 bits per heavy atom. The minimum Gasteiger partial charge on any atom is -0.371 e. The Hall–Kier alpha value is -4.54. The lowest BCUT2D eigenvalue weighted by Gasteiger charge is -2.33. The van der Waals surface area contributed by atoms with Gasteiger partial charge in [0.05, 0.1) is 6.33 Å². The van der Waals surface area contributed by atoms with Crippen molar-refractivity contribution in [3.8, 4) is 0 Å². The number of rotatable bonds is 9. The van der Waals surface area contributed by atoms with Gasteiger partial charge < -0.3 is 25.0 Å². The smallest absolute Gasteiger partial charge is 0.251 e. The summed E-state index contributed by atoms with van der Waals surface area (Å²) in [5.74, 6) is -1.31. The van der Waals surface area contributed by atoms with Gasteiger partial charge in [-0.25, -0.2) is 13.8 Å². The second kappa shape index (κ2) is 12.4. The van der Waals surface area contributed by atoms with E-state index in [1.807, 2.05) is 69.0 Å². The van der Waals surface area contributed by atoms with Crippen molar-refractivity contribution >= 4 is 40.2 Å². The molecule has 2 aromatic carbocycles. The van der Waals surface area contributed by atoms with E-state index in [-0.39, 0.29) is 24.7 Å². The standard InChI is InChI=1S/C32H36F2N8O/c1-2-27(43)41-16-6-9-24(20-41)21-42-22-36-28-29(35-19-23-7-4-3-5-8-23)38-31(39-30(28)42)37-25-10-12-26(13-11-25)40-17-14-32(33,34)15-18-40/h2-5,7-8,10-13,22,24H,1,6,9,14-21H2,(H2,35,37,38,39). The summed E-state index contributed by atoms with van der Waals surface area (Å²) in [6, 6.07) is 17.8. The fourth-order valence-electron chi connectivity index (χ4n) is 5.84. The van der Waals surface area contributed by atoms with Gasteiger partial charge in [0.1, 0.15) is 0 Å². The van der Waals surface area contributed by atoms with E-state index in [1.54, 1.807) is 6.33 Å². The number of likely N-dealkylation sites (tertiary alicyclic amines) is 1. The van der Waals surface area contributed by atoms with Crippen LogP contribution in [0, 0.1) is 5.92 Å². The van der Waals surface area contributed by atoms with Gasteiger partial charge >= 0.3 is 0 Å². The molecule has 0 aliphatic carbocycles. The van der Waals surface area contributed by atoms with Crippen LogP contribution in [0.1, 0.15) is 31.2 Å². The van der Waals surface area contributed by atoms with Gasteiger partial charge in [-0.3, -0.25) is 4.79 Å². The first-order valence-electron chi connectivity index (χ1n) is 14.8. The molecule has 224 valence electrons. The van der Waals surface area contributed by atoms with Gasteiger partial charge in [-0.1, -0.05) is 36.9 Å². The highest BCUT2D eigenvalue weighted by atomic mass is 19.3. The predicted molar refractivity (Wildman–Crippen MR) is 165 cm³/mol. The SMILES string of the molecule is C=CC(=O)N1CCCC(Cn2cnc3c(NCc4ccccc4)nc(Nc4ccc(N5CCC(F)(F)CC5)cc4)nc32)C1. The van der Waals surface area contributed by atoms with Crippen LogP contribution in [0.5, 0.6) is 0 Å². The van der Waals surface area contributed by atoms with E-state index in [0.29, 0.717) is 55.7 Å². The number of alkyl halides is 2. The largest absolute Gasteiger partial charge is 0.371 e. The van der Waals surface area contributed by atoms with Crippen molar-refractivity contribution < 1.29 is 13.6 Å². The first-order valence-corrected chi connectivity index (χ1v) is 14.8. The number of halogens is 2. The lowest BCUT2D eigenvalue weighted by molar-refractivity contribution is -0.127. The van der Waals surface area contributed by atoms with Crippen LogP contribution in [0.4, 0.5) is 31.9 Å². The topological polar surface area (TPSA) is 91.2 Å². The van der Waals surface area contributed by atoms with E-state index >= 15 is 0 Å². The summed E-state index contributed by atoms with van der Waals surface area (Å²) in [4.78, 5) is 30.4. The maximum atomic E-state index is 13.6. The monoisotopic (exact) mass is 586 g/mol. The lowest BCUT2D eigenvalue weighted by Crippen LogP contribution is -2.40. The molecule has 0 bridgehead atoms. The zero-order chi connectivity index (χ0) is 29.8. The fraction of sp³-hybridized carbons (Fsp3) is 0.375. The van der Waals surface area contributed by atoms with Crippen LogP contribution in [-0.4, -0.2) is 62.4 Å². The van der Waals surface area contributed by atoms with E-state index in [2.05, 4.69) is 22.2 Å². The van der Waals surface area contributed by atoms with Crippen LogP contribution < -0.4 is 15.5 Å². The van der Waals surface area contributed by atoms with Crippen molar-refractivity contribution in [1.82, 2.24) is 24.4 Å². The number of benzene rings is 2. The molecule has 2 N–H and O–H groups in total. The van der Waals surface area contributed by atoms with Crippen molar-refractivity contribution in [3.05, 3.63) is 79.1 Å². The van der Waals surface area contributed by atoms with Gasteiger partial charge in [0.2, 0.25) is 11.9 Å². The minimum absolute atomic E-state index is 0.0364. The van der Waals surface area contributed by atoms with Crippen LogP contribution in [0.25, 0.3) is 11.2 Å². The number of fused-ring (bicyclic) bond motifs is 1. The highest BCUT2D eigenvalue weighted by Crippen LogP contribution is 2.31. The third-order valence-electron chi connectivity index (χ3n) is 8.21. The van der Waals surface area contributed by atoms with Crippen molar-refractivity contribution in [3.63, 3.8) is 0 Å². The number of carbonyl (C=O) groups excluding carboxylic acids is 1. The molecule has 2 aromatic heterocycles. The molecule has 2 aliphatic rings. The number of amides is 1. The third-order valence-corrected chi connectivity index (χ3v) is 8.21. The molecule has 4 heterocycles. The second-order valence-corrected chi connectivity index (χ2v) is 11.3. The molecule has 2 saturated heterocycles. The Labute approximate surface area is 249 Å². The van der Waals surface area contributed by atoms with Gasteiger partial charge in [-0.05, 0) is 54.7 Å². The number of aromatic nitrogens is 4. The maximum Gasteiger partial charge on any atom is 0.251 e. The van der Waals surface area contributed by atoms with E-state index in [1.165, 1.54) is 6.08 Å². The number of piperidine rings is 2. The molecule has 0 spiro atoms. The molecule has 2 fully saturated rings. The molecule has 1 unspecified atom stereocenters. The van der Waals surface area contributed by atoms with Crippen LogP contribution in [0.2, 0.25) is 0 Å². The molecule has 6 rings (SSSR count). The minimum atomic E-state index is -2.58. The molecule has 4 aromatic rings. The fourth-order valence-corrected chi connectivity index (χ4v) is 5.84. The van der Waals surface area contributed by atoms with E-state index in [4.69, 9.17) is 9.97 Å². The van der Waals surface area contributed by atoms with Crippen LogP contribution in [0.3, 0.4) is 0 Å². The summed E-state index contributed by atoms with van der Waals surface area (Å²) in [5, 5.41) is 6.76. The van der Waals surface area contributed by atoms with E-state index in [0.717, 1.165) is 36.3 Å². The number of nitrogens with one attached hydrogen (secondary N) is 2. The average Bonchev–Trinajstić information content (AvgIpc) is 3.43. The van der Waals surface area contributed by atoms with Crippen LogP contribution in [-0.2, 0) is 17.9 Å². The number of hydrogen-bond donors (Lipinski definition) is 2. The highest BCUT2D eigenvalue weighted by molar-refractivity contribution is 5.87. The Morgan fingerprint density at radius 1 is 1.05 bits per heavy atom. The molecule has 43 heavy (non-hydrogen) atoms. The van der Waals surface area contributed by atoms with Crippen molar-refractivity contribution in [2.24, 2.45) is 5.92 Å². The summed E-state index contributed by atoms with van der Waals surface area (Å²) in [6.45, 7) is 6.97. The summed E-state index contributed by atoms with van der Waals surface area (Å²) >= 11 is 0. The number of imidazole rings is 1. The van der Waals surface area contributed by atoms with E-state index < -0.39 is 5.92 Å². The first-order chi connectivity index (χ1) is 20.9. The van der Waals surface area contributed by atoms with Gasteiger partial charge in [-0.15, -0.1) is 0 Å². The molecular weight excluding hydrogens is 550 g/mol. The summed E-state index contributed by atoms with van der Waals surface area (Å²) < 4.78 is 29.3. The zero-order valence-electron chi connectivity index (χ0n) is 24.1. The molecular formula is C32H36F2N8O. The molecule has 9 nitrogen and oxygen atoms in total. The number of hydrogen-bond acceptors (Lipinski definition) is 7. The molecule has 2 aliphatic heterocycles. The Balaban J connectivity index is 1.24. The highest BCUT2D eigenvalue weighted by Gasteiger charge is 2.34. The first kappa shape index (κ1) is 28.6. The summed E-state index contributed by atoms with van der Waals surface area (Å²) in [5.41, 5.74) is 4.19. The zero-order valence-corrected chi connectivity index (χ0v) is 24.1. The van der Waals surface area contributed by atoms with Crippen LogP contribution >= 0.6 is 0 Å². The van der Waals surface area contributed by atoms with Gasteiger partial charge in [-0.2, -0.15) is 9.97 Å². The molecule has 1 amide bonds. The average molecular weight is 587 g/mol. The Bertz CT molecular complexity index is 1560. The normalized spacial score (nSPS) is 18.4. The maximum absolute atomic E-state index is 13.6. The number of anilines is 4. The van der Waals surface area contributed by atoms with Crippen molar-refractivity contribution in [1.29, 1.82) is 0 Å². The predicted octanol–water partition coefficient (Wildman–Crippen LogP) is 5.84. The molecule has 0 radical (unpaired) electrons. The third kappa shape index (κ3) is 6.76. The molecule has 11 heteroatoms. The summed E-state index contributed by atoms with van der Waals surface area (Å²) in [6.07, 6.45) is 4.87. The molecule has 1 atom stereocenters. The Morgan fingerprint density at radius 2 is 1.81 bits per heavy atom. The van der Waals surface area contributed by atoms with Gasteiger partial charge in [0.25, 0.3) is 5.92 Å².